The Bertz CT molecular complexity index is 940. The monoisotopic (exact) mass is 324 g/mol. The Balaban J connectivity index is 2.21. The van der Waals surface area contributed by atoms with Gasteiger partial charge >= 0.3 is 17.9 Å². The van der Waals surface area contributed by atoms with Gasteiger partial charge < -0.3 is 9.84 Å². The summed E-state index contributed by atoms with van der Waals surface area (Å²) in [6.07, 6.45) is 0.267. The molecule has 24 heavy (non-hydrogen) atoms. The highest BCUT2D eigenvalue weighted by molar-refractivity contribution is 6.24. The number of carboxylic acids is 1. The zero-order valence-corrected chi connectivity index (χ0v) is 11.9. The van der Waals surface area contributed by atoms with E-state index in [2.05, 4.69) is 4.74 Å². The molecule has 0 radical (unpaired) electrons. The number of esters is 2. The summed E-state index contributed by atoms with van der Waals surface area (Å²) in [5.74, 6) is -3.93. The molecule has 0 bridgehead atoms. The molecule has 118 valence electrons. The minimum Gasteiger partial charge on any atom is -0.478 e. The number of hydrogen-bond acceptors (Lipinski definition) is 6. The number of ether oxygens (including phenoxy) is 1. The zero-order valence-electron chi connectivity index (χ0n) is 11.9. The number of carbonyl (C=O) groups excluding carboxylic acids is 4. The van der Waals surface area contributed by atoms with Crippen LogP contribution in [-0.4, -0.2) is 35.1 Å². The molecule has 2 aromatic carbocycles. The van der Waals surface area contributed by atoms with Crippen LogP contribution in [0, 0.1) is 0 Å². The largest absolute Gasteiger partial charge is 0.478 e. The van der Waals surface area contributed by atoms with Gasteiger partial charge in [0.15, 0.2) is 12.1 Å². The van der Waals surface area contributed by atoms with E-state index in [9.17, 15) is 24.0 Å². The number of rotatable bonds is 4. The molecule has 0 saturated heterocycles. The van der Waals surface area contributed by atoms with Crippen molar-refractivity contribution in [3.05, 3.63) is 69.8 Å². The van der Waals surface area contributed by atoms with Crippen molar-refractivity contribution in [2.24, 2.45) is 0 Å². The standard InChI is InChI=1S/C17H8O7/c18-7-12-8(3-1-4-9(12)15(20)21)14(19)10-5-2-6-11-13(10)17(23)24-16(11)22/h1-7H,(H,20,21). The molecule has 0 aromatic heterocycles. The molecule has 0 saturated carbocycles. The van der Waals surface area contributed by atoms with E-state index in [0.717, 1.165) is 0 Å². The molecular formula is C17H8O7. The summed E-state index contributed by atoms with van der Waals surface area (Å²) in [5.41, 5.74) is -1.18. The molecule has 1 aliphatic rings. The smallest absolute Gasteiger partial charge is 0.347 e. The number of cyclic esters (lactones) is 2. The van der Waals surface area contributed by atoms with E-state index in [-0.39, 0.29) is 39.7 Å². The van der Waals surface area contributed by atoms with Crippen LogP contribution in [0.25, 0.3) is 0 Å². The summed E-state index contributed by atoms with van der Waals surface area (Å²) in [7, 11) is 0. The van der Waals surface area contributed by atoms with Crippen molar-refractivity contribution >= 4 is 30.0 Å². The molecule has 0 aliphatic carbocycles. The number of aromatic carboxylic acids is 1. The average molecular weight is 324 g/mol. The van der Waals surface area contributed by atoms with Crippen LogP contribution in [0.2, 0.25) is 0 Å². The first-order valence-electron chi connectivity index (χ1n) is 6.71. The predicted molar refractivity (Wildman–Crippen MR) is 78.4 cm³/mol. The van der Waals surface area contributed by atoms with Crippen LogP contribution in [0.4, 0.5) is 0 Å². The molecule has 7 heteroatoms. The number of benzene rings is 2. The second kappa shape index (κ2) is 5.54. The third kappa shape index (κ3) is 2.19. The van der Waals surface area contributed by atoms with Crippen molar-refractivity contribution < 1.29 is 33.8 Å². The summed E-state index contributed by atoms with van der Waals surface area (Å²) in [5, 5.41) is 9.12. The highest BCUT2D eigenvalue weighted by atomic mass is 16.6. The van der Waals surface area contributed by atoms with Gasteiger partial charge in [-0.1, -0.05) is 24.3 Å². The molecule has 3 rings (SSSR count). The van der Waals surface area contributed by atoms with E-state index < -0.39 is 23.7 Å². The van der Waals surface area contributed by atoms with Gasteiger partial charge in [0.1, 0.15) is 0 Å². The van der Waals surface area contributed by atoms with Crippen LogP contribution >= 0.6 is 0 Å². The lowest BCUT2D eigenvalue weighted by atomic mass is 9.91. The second-order valence-corrected chi connectivity index (χ2v) is 4.92. The lowest BCUT2D eigenvalue weighted by Crippen LogP contribution is -2.13. The lowest BCUT2D eigenvalue weighted by Gasteiger charge is -2.08. The highest BCUT2D eigenvalue weighted by Crippen LogP contribution is 2.27. The van der Waals surface area contributed by atoms with Crippen LogP contribution in [0.5, 0.6) is 0 Å². The van der Waals surface area contributed by atoms with Gasteiger partial charge in [-0.25, -0.2) is 14.4 Å². The number of carboxylic acid groups (broad SMARTS) is 1. The summed E-state index contributed by atoms with van der Waals surface area (Å²) in [4.78, 5) is 58.6. The second-order valence-electron chi connectivity index (χ2n) is 4.92. The number of hydrogen-bond donors (Lipinski definition) is 1. The van der Waals surface area contributed by atoms with E-state index in [1.807, 2.05) is 0 Å². The maximum Gasteiger partial charge on any atom is 0.347 e. The number of fused-ring (bicyclic) bond motifs is 1. The molecule has 2 aromatic rings. The Labute approximate surface area is 134 Å². The van der Waals surface area contributed by atoms with E-state index in [1.54, 1.807) is 0 Å². The normalized spacial score (nSPS) is 12.5. The van der Waals surface area contributed by atoms with Crippen molar-refractivity contribution in [2.75, 3.05) is 0 Å². The van der Waals surface area contributed by atoms with E-state index in [4.69, 9.17) is 5.11 Å². The third-order valence-corrected chi connectivity index (χ3v) is 3.62. The number of carbonyl (C=O) groups is 5. The number of ketones is 1. The van der Waals surface area contributed by atoms with Gasteiger partial charge in [-0.3, -0.25) is 9.59 Å². The summed E-state index contributed by atoms with van der Waals surface area (Å²) in [6, 6.07) is 7.83. The van der Waals surface area contributed by atoms with Gasteiger partial charge in [0.25, 0.3) is 0 Å². The van der Waals surface area contributed by atoms with Crippen LogP contribution in [0.3, 0.4) is 0 Å². The Hall–Kier alpha value is -3.61. The van der Waals surface area contributed by atoms with Crippen molar-refractivity contribution in [1.82, 2.24) is 0 Å². The minimum atomic E-state index is -1.36. The molecular weight excluding hydrogens is 316 g/mol. The molecule has 7 nitrogen and oxygen atoms in total. The van der Waals surface area contributed by atoms with Gasteiger partial charge in [-0.2, -0.15) is 0 Å². The van der Waals surface area contributed by atoms with Crippen LogP contribution in [-0.2, 0) is 4.74 Å². The summed E-state index contributed by atoms with van der Waals surface area (Å²) in [6.45, 7) is 0. The molecule has 1 N–H and O–H groups in total. The SMILES string of the molecule is O=Cc1c(C(=O)O)cccc1C(=O)c1cccc2c1C(=O)OC2=O. The fourth-order valence-electron chi connectivity index (χ4n) is 2.54. The third-order valence-electron chi connectivity index (χ3n) is 3.62. The van der Waals surface area contributed by atoms with E-state index in [0.29, 0.717) is 0 Å². The average Bonchev–Trinajstić information content (AvgIpc) is 2.88. The highest BCUT2D eigenvalue weighted by Gasteiger charge is 2.34. The van der Waals surface area contributed by atoms with Crippen molar-refractivity contribution in [3.8, 4) is 0 Å². The van der Waals surface area contributed by atoms with Gasteiger partial charge in [0.2, 0.25) is 0 Å². The molecule has 0 amide bonds. The molecule has 0 spiro atoms. The first-order valence-corrected chi connectivity index (χ1v) is 6.71. The lowest BCUT2D eigenvalue weighted by molar-refractivity contribution is 0.0441. The predicted octanol–water partition coefficient (Wildman–Crippen LogP) is 1.74. The van der Waals surface area contributed by atoms with Crippen molar-refractivity contribution in [2.45, 2.75) is 0 Å². The van der Waals surface area contributed by atoms with Gasteiger partial charge in [0, 0.05) is 16.7 Å². The zero-order chi connectivity index (χ0) is 17.4. The molecule has 0 atom stereocenters. The fraction of sp³-hybridized carbons (Fsp3) is 0. The van der Waals surface area contributed by atoms with Crippen molar-refractivity contribution in [3.63, 3.8) is 0 Å². The molecule has 0 fully saturated rings. The summed E-state index contributed by atoms with van der Waals surface area (Å²) >= 11 is 0. The van der Waals surface area contributed by atoms with Gasteiger partial charge in [0.05, 0.1) is 16.7 Å². The Morgan fingerprint density at radius 2 is 1.54 bits per heavy atom. The van der Waals surface area contributed by atoms with Gasteiger partial charge in [-0.15, -0.1) is 0 Å². The molecule has 0 unspecified atom stereocenters. The Kier molecular flexibility index (Phi) is 3.53. The minimum absolute atomic E-state index is 0.0482. The first kappa shape index (κ1) is 15.3. The Morgan fingerprint density at radius 3 is 2.21 bits per heavy atom. The summed E-state index contributed by atoms with van der Waals surface area (Å²) < 4.78 is 4.48. The molecule has 1 aliphatic heterocycles. The van der Waals surface area contributed by atoms with Crippen LogP contribution in [0.1, 0.15) is 57.4 Å². The van der Waals surface area contributed by atoms with Gasteiger partial charge in [-0.05, 0) is 12.1 Å². The van der Waals surface area contributed by atoms with E-state index >= 15 is 0 Å². The number of aldehydes is 1. The van der Waals surface area contributed by atoms with Crippen molar-refractivity contribution in [1.29, 1.82) is 0 Å². The quantitative estimate of drug-likeness (QED) is 0.394. The molecule has 1 heterocycles. The van der Waals surface area contributed by atoms with E-state index in [1.165, 1.54) is 36.4 Å². The fourth-order valence-corrected chi connectivity index (χ4v) is 2.54. The Morgan fingerprint density at radius 1 is 0.917 bits per heavy atom. The maximum absolute atomic E-state index is 12.7. The van der Waals surface area contributed by atoms with Crippen LogP contribution in [0.15, 0.2) is 36.4 Å². The first-order chi connectivity index (χ1) is 11.5. The maximum atomic E-state index is 12.7. The van der Waals surface area contributed by atoms with Crippen LogP contribution < -0.4 is 0 Å². The topological polar surface area (TPSA) is 115 Å².